The fourth-order valence-corrected chi connectivity index (χ4v) is 2.42. The maximum atomic E-state index is 2.32. The highest BCUT2D eigenvalue weighted by molar-refractivity contribution is 7.99. The molecule has 1 heteroatoms. The molecule has 1 aromatic rings. The highest BCUT2D eigenvalue weighted by Crippen LogP contribution is 2.32. The molecule has 0 saturated heterocycles. The van der Waals surface area contributed by atoms with Crippen LogP contribution in [0, 0.1) is 0 Å². The third kappa shape index (κ3) is 1.88. The Balaban J connectivity index is 2.45. The lowest BCUT2D eigenvalue weighted by Crippen LogP contribution is -2.11. The van der Waals surface area contributed by atoms with Crippen LogP contribution in [0.15, 0.2) is 29.2 Å². The predicted octanol–water partition coefficient (Wildman–Crippen LogP) is 4.10. The molecular weight excluding hydrogens is 188 g/mol. The summed E-state index contributed by atoms with van der Waals surface area (Å²) in [5.41, 5.74) is 3.06. The van der Waals surface area contributed by atoms with Crippen LogP contribution in [-0.2, 0) is 5.41 Å². The molecule has 14 heavy (non-hydrogen) atoms. The average Bonchev–Trinajstić information content (AvgIpc) is 2.16. The molecule has 0 amide bonds. The van der Waals surface area contributed by atoms with Crippen molar-refractivity contribution in [2.45, 2.75) is 31.1 Å². The summed E-state index contributed by atoms with van der Waals surface area (Å²) in [6, 6.07) is 6.83. The molecule has 0 N–H and O–H groups in total. The van der Waals surface area contributed by atoms with Gasteiger partial charge in [0.05, 0.1) is 0 Å². The maximum Gasteiger partial charge on any atom is 0.0164 e. The Bertz CT molecular complexity index is 369. The Morgan fingerprint density at radius 2 is 2.00 bits per heavy atom. The number of fused-ring (bicyclic) bond motifs is 1. The van der Waals surface area contributed by atoms with E-state index < -0.39 is 0 Å². The van der Waals surface area contributed by atoms with E-state index in [2.05, 4.69) is 51.1 Å². The van der Waals surface area contributed by atoms with Crippen molar-refractivity contribution in [3.8, 4) is 0 Å². The minimum atomic E-state index is 0.255. The first-order valence-electron chi connectivity index (χ1n) is 5.01. The van der Waals surface area contributed by atoms with Crippen LogP contribution in [0.25, 0.3) is 6.08 Å². The fourth-order valence-electron chi connectivity index (χ4n) is 1.59. The van der Waals surface area contributed by atoms with Crippen LogP contribution in [0.4, 0.5) is 0 Å². The van der Waals surface area contributed by atoms with E-state index in [0.717, 1.165) is 5.75 Å². The van der Waals surface area contributed by atoms with Crippen LogP contribution in [-0.4, -0.2) is 5.75 Å². The molecule has 0 nitrogen and oxygen atoms in total. The quantitative estimate of drug-likeness (QED) is 0.613. The van der Waals surface area contributed by atoms with Crippen LogP contribution in [0.5, 0.6) is 0 Å². The Morgan fingerprint density at radius 3 is 2.71 bits per heavy atom. The molecule has 1 aliphatic heterocycles. The molecule has 0 atom stereocenters. The van der Waals surface area contributed by atoms with Gasteiger partial charge >= 0.3 is 0 Å². The number of benzene rings is 1. The summed E-state index contributed by atoms with van der Waals surface area (Å²) in [4.78, 5) is 1.42. The monoisotopic (exact) mass is 204 g/mol. The van der Waals surface area contributed by atoms with Gasteiger partial charge in [0.15, 0.2) is 0 Å². The lowest BCUT2D eigenvalue weighted by molar-refractivity contribution is 0.589. The minimum absolute atomic E-state index is 0.255. The third-order valence-corrected chi connectivity index (χ3v) is 3.55. The summed E-state index contributed by atoms with van der Waals surface area (Å²) in [6.07, 6.45) is 4.47. The van der Waals surface area contributed by atoms with Gasteiger partial charge in [-0.15, -0.1) is 11.8 Å². The van der Waals surface area contributed by atoms with Crippen molar-refractivity contribution in [3.05, 3.63) is 35.4 Å². The van der Waals surface area contributed by atoms with Crippen molar-refractivity contribution in [2.75, 3.05) is 5.75 Å². The highest BCUT2D eigenvalue weighted by atomic mass is 32.2. The summed E-state index contributed by atoms with van der Waals surface area (Å²) in [6.45, 7) is 6.78. The molecule has 0 bridgehead atoms. The zero-order chi connectivity index (χ0) is 10.2. The molecule has 2 rings (SSSR count). The molecule has 1 aliphatic rings. The molecule has 0 aliphatic carbocycles. The second-order valence-corrected chi connectivity index (χ2v) is 5.78. The van der Waals surface area contributed by atoms with Gasteiger partial charge in [0.2, 0.25) is 0 Å². The first-order valence-corrected chi connectivity index (χ1v) is 6.00. The second kappa shape index (κ2) is 3.47. The van der Waals surface area contributed by atoms with Crippen LogP contribution in [0.1, 0.15) is 31.9 Å². The van der Waals surface area contributed by atoms with Crippen LogP contribution in [0.2, 0.25) is 0 Å². The SMILES string of the molecule is CC(C)(C)c1ccc2c(c1)C=CCS2. The van der Waals surface area contributed by atoms with E-state index in [4.69, 9.17) is 0 Å². The standard InChI is InChI=1S/C13H16S/c1-13(2,3)11-6-7-12-10(9-11)5-4-8-14-12/h4-7,9H,8H2,1-3H3. The average molecular weight is 204 g/mol. The second-order valence-electron chi connectivity index (χ2n) is 4.72. The van der Waals surface area contributed by atoms with Crippen LogP contribution < -0.4 is 0 Å². The van der Waals surface area contributed by atoms with Gasteiger partial charge in [-0.3, -0.25) is 0 Å². The Kier molecular flexibility index (Phi) is 2.44. The van der Waals surface area contributed by atoms with Gasteiger partial charge in [0.1, 0.15) is 0 Å². The lowest BCUT2D eigenvalue weighted by atomic mass is 9.86. The molecule has 0 spiro atoms. The zero-order valence-electron chi connectivity index (χ0n) is 9.00. The maximum absolute atomic E-state index is 2.32. The van der Waals surface area contributed by atoms with E-state index in [1.807, 2.05) is 11.8 Å². The largest absolute Gasteiger partial charge is 0.121 e. The molecule has 0 saturated carbocycles. The van der Waals surface area contributed by atoms with Crippen LogP contribution >= 0.6 is 11.8 Å². The molecule has 0 fully saturated rings. The summed E-state index contributed by atoms with van der Waals surface area (Å²) in [5, 5.41) is 0. The van der Waals surface area contributed by atoms with E-state index in [1.165, 1.54) is 16.0 Å². The van der Waals surface area contributed by atoms with Crippen molar-refractivity contribution in [1.82, 2.24) is 0 Å². The zero-order valence-corrected chi connectivity index (χ0v) is 9.82. The molecule has 1 heterocycles. The van der Waals surface area contributed by atoms with Gasteiger partial charge < -0.3 is 0 Å². The van der Waals surface area contributed by atoms with E-state index in [9.17, 15) is 0 Å². The molecule has 1 aromatic carbocycles. The first kappa shape index (κ1) is 9.85. The lowest BCUT2D eigenvalue weighted by Gasteiger charge is -2.21. The summed E-state index contributed by atoms with van der Waals surface area (Å²) >= 11 is 1.92. The first-order chi connectivity index (χ1) is 6.57. The predicted molar refractivity (Wildman–Crippen MR) is 64.9 cm³/mol. The summed E-state index contributed by atoms with van der Waals surface area (Å²) in [7, 11) is 0. The van der Waals surface area contributed by atoms with Gasteiger partial charge in [0.25, 0.3) is 0 Å². The Hall–Kier alpha value is -0.690. The summed E-state index contributed by atoms with van der Waals surface area (Å²) in [5.74, 6) is 1.11. The molecular formula is C13H16S. The van der Waals surface area contributed by atoms with Crippen LogP contribution in [0.3, 0.4) is 0 Å². The van der Waals surface area contributed by atoms with Gasteiger partial charge in [0, 0.05) is 10.6 Å². The van der Waals surface area contributed by atoms with Gasteiger partial charge in [-0.1, -0.05) is 45.1 Å². The van der Waals surface area contributed by atoms with E-state index in [1.54, 1.807) is 0 Å². The van der Waals surface area contributed by atoms with Crippen molar-refractivity contribution < 1.29 is 0 Å². The smallest absolute Gasteiger partial charge is 0.0164 e. The van der Waals surface area contributed by atoms with Gasteiger partial charge in [-0.2, -0.15) is 0 Å². The number of rotatable bonds is 0. The van der Waals surface area contributed by atoms with Crippen molar-refractivity contribution >= 4 is 17.8 Å². The van der Waals surface area contributed by atoms with Crippen molar-refractivity contribution in [2.24, 2.45) is 0 Å². The highest BCUT2D eigenvalue weighted by Gasteiger charge is 2.15. The fraction of sp³-hybridized carbons (Fsp3) is 0.385. The van der Waals surface area contributed by atoms with E-state index in [0.29, 0.717) is 0 Å². The normalized spacial score (nSPS) is 15.4. The molecule has 0 radical (unpaired) electrons. The van der Waals surface area contributed by atoms with Crippen molar-refractivity contribution in [1.29, 1.82) is 0 Å². The van der Waals surface area contributed by atoms with E-state index in [-0.39, 0.29) is 5.41 Å². The third-order valence-electron chi connectivity index (χ3n) is 2.51. The number of hydrogen-bond acceptors (Lipinski definition) is 1. The number of thioether (sulfide) groups is 1. The van der Waals surface area contributed by atoms with Gasteiger partial charge in [-0.25, -0.2) is 0 Å². The van der Waals surface area contributed by atoms with Gasteiger partial charge in [-0.05, 0) is 22.6 Å². The summed E-state index contributed by atoms with van der Waals surface area (Å²) < 4.78 is 0. The van der Waals surface area contributed by atoms with Crippen molar-refractivity contribution in [3.63, 3.8) is 0 Å². The number of hydrogen-bond donors (Lipinski definition) is 0. The molecule has 0 aromatic heterocycles. The Labute approximate surface area is 90.4 Å². The Morgan fingerprint density at radius 1 is 1.21 bits per heavy atom. The molecule has 74 valence electrons. The topological polar surface area (TPSA) is 0 Å². The van der Waals surface area contributed by atoms with E-state index >= 15 is 0 Å². The molecule has 0 unspecified atom stereocenters. The minimum Gasteiger partial charge on any atom is -0.121 e.